The van der Waals surface area contributed by atoms with Crippen LogP contribution in [-0.2, 0) is 4.74 Å². The van der Waals surface area contributed by atoms with Crippen LogP contribution in [0.25, 0.3) is 0 Å². The van der Waals surface area contributed by atoms with Crippen LogP contribution in [0, 0.1) is 5.82 Å². The van der Waals surface area contributed by atoms with E-state index in [4.69, 9.17) is 4.74 Å². The van der Waals surface area contributed by atoms with Crippen molar-refractivity contribution in [2.45, 2.75) is 90.4 Å². The van der Waals surface area contributed by atoms with Gasteiger partial charge in [0, 0.05) is 12.6 Å². The number of unbranched alkanes of at least 4 members (excludes halogenated alkanes) is 9. The molecule has 162 valence electrons. The summed E-state index contributed by atoms with van der Waals surface area (Å²) in [5.74, 6) is -5.32. The molecule has 0 aliphatic rings. The minimum atomic E-state index is -3.03. The first kappa shape index (κ1) is 24.4. The van der Waals surface area contributed by atoms with Crippen molar-refractivity contribution in [3.8, 4) is 5.75 Å². The van der Waals surface area contributed by atoms with Crippen LogP contribution in [0.2, 0.25) is 0 Å². The first-order chi connectivity index (χ1) is 13.4. The average molecular weight is 406 g/mol. The molecular weight excluding hydrogens is 371 g/mol. The van der Waals surface area contributed by atoms with E-state index in [0.717, 1.165) is 25.5 Å². The molecule has 1 heterocycles. The second kappa shape index (κ2) is 13.5. The molecule has 0 aromatic carbocycles. The van der Waals surface area contributed by atoms with E-state index < -0.39 is 35.8 Å². The maximum atomic E-state index is 14.0. The number of nitrogens with one attached hydrogen (secondary N) is 1. The van der Waals surface area contributed by atoms with E-state index in [1.807, 2.05) is 0 Å². The van der Waals surface area contributed by atoms with Crippen molar-refractivity contribution in [2.75, 3.05) is 13.2 Å². The molecule has 0 amide bonds. The number of carbonyl (C=O) groups excluding carboxylic acids is 1. The Morgan fingerprint density at radius 1 is 1.00 bits per heavy atom. The fourth-order valence-corrected chi connectivity index (χ4v) is 2.97. The van der Waals surface area contributed by atoms with E-state index in [9.17, 15) is 18.0 Å². The highest BCUT2D eigenvalue weighted by molar-refractivity contribution is 5.88. The molecule has 1 aromatic heterocycles. The summed E-state index contributed by atoms with van der Waals surface area (Å²) in [7, 11) is 0. The zero-order chi connectivity index (χ0) is 20.8. The van der Waals surface area contributed by atoms with E-state index in [2.05, 4.69) is 16.6 Å². The lowest BCUT2D eigenvalue weighted by molar-refractivity contribution is -0.0501. The van der Waals surface area contributed by atoms with Crippen molar-refractivity contribution >= 4 is 5.97 Å². The smallest absolute Gasteiger partial charge is 0.357 e. The SMILES string of the molecule is CCCCCCCCCCCCC(F)(F)COc1c[nH]c(C(=O)OCC)c1F. The zero-order valence-electron chi connectivity index (χ0n) is 17.1. The molecule has 0 aliphatic carbocycles. The number of hydrogen-bond donors (Lipinski definition) is 1. The molecule has 28 heavy (non-hydrogen) atoms. The topological polar surface area (TPSA) is 51.3 Å². The fraction of sp³-hybridized carbons (Fsp3) is 0.762. The first-order valence-electron chi connectivity index (χ1n) is 10.5. The van der Waals surface area contributed by atoms with Crippen molar-refractivity contribution in [3.05, 3.63) is 17.7 Å². The minimum absolute atomic E-state index is 0.0877. The quantitative estimate of drug-likeness (QED) is 0.247. The van der Waals surface area contributed by atoms with E-state index in [1.165, 1.54) is 38.5 Å². The third-order valence-electron chi connectivity index (χ3n) is 4.60. The Balaban J connectivity index is 2.20. The molecule has 0 unspecified atom stereocenters. The molecule has 0 aliphatic heterocycles. The summed E-state index contributed by atoms with van der Waals surface area (Å²) in [5.41, 5.74) is -0.421. The Bertz CT molecular complexity index is 561. The van der Waals surface area contributed by atoms with Gasteiger partial charge in [0.2, 0.25) is 0 Å². The molecule has 0 saturated heterocycles. The highest BCUT2D eigenvalue weighted by Gasteiger charge is 2.30. The number of halogens is 3. The van der Waals surface area contributed by atoms with Crippen molar-refractivity contribution in [3.63, 3.8) is 0 Å². The number of alkyl halides is 2. The molecule has 7 heteroatoms. The zero-order valence-corrected chi connectivity index (χ0v) is 17.1. The van der Waals surface area contributed by atoms with Gasteiger partial charge in [-0.3, -0.25) is 0 Å². The van der Waals surface area contributed by atoms with Gasteiger partial charge in [-0.2, -0.15) is 0 Å². The number of H-pyrrole nitrogens is 1. The van der Waals surface area contributed by atoms with E-state index in [1.54, 1.807) is 6.92 Å². The molecule has 0 atom stereocenters. The lowest BCUT2D eigenvalue weighted by Gasteiger charge is -2.16. The van der Waals surface area contributed by atoms with Crippen LogP contribution in [0.15, 0.2) is 6.20 Å². The largest absolute Gasteiger partial charge is 0.483 e. The predicted octanol–water partition coefficient (Wildman–Crippen LogP) is 6.66. The van der Waals surface area contributed by atoms with Gasteiger partial charge in [0.1, 0.15) is 0 Å². The molecule has 0 fully saturated rings. The standard InChI is InChI=1S/C21H34F3NO3/c1-3-5-6-7-8-9-10-11-12-13-14-21(23,24)16-28-17-15-25-19(18(17)22)20(26)27-4-2/h15,25H,3-14,16H2,1-2H3. The second-order valence-corrected chi connectivity index (χ2v) is 7.14. The molecule has 0 spiro atoms. The van der Waals surface area contributed by atoms with E-state index in [-0.39, 0.29) is 13.0 Å². The van der Waals surface area contributed by atoms with Crippen molar-refractivity contribution in [1.82, 2.24) is 4.98 Å². The number of ether oxygens (including phenoxy) is 2. The van der Waals surface area contributed by atoms with Crippen LogP contribution in [0.4, 0.5) is 13.2 Å². The summed E-state index contributed by atoms with van der Waals surface area (Å²) in [6, 6.07) is 0. The maximum absolute atomic E-state index is 14.0. The molecule has 4 nitrogen and oxygen atoms in total. The third kappa shape index (κ3) is 9.51. The predicted molar refractivity (Wildman–Crippen MR) is 104 cm³/mol. The van der Waals surface area contributed by atoms with Gasteiger partial charge in [-0.05, 0) is 13.3 Å². The number of rotatable bonds is 16. The van der Waals surface area contributed by atoms with Gasteiger partial charge in [-0.25, -0.2) is 18.0 Å². The van der Waals surface area contributed by atoms with Gasteiger partial charge in [0.15, 0.2) is 23.9 Å². The summed E-state index contributed by atoms with van der Waals surface area (Å²) in [6.45, 7) is 2.95. The normalized spacial score (nSPS) is 11.6. The lowest BCUT2D eigenvalue weighted by Crippen LogP contribution is -2.25. The molecular formula is C21H34F3NO3. The van der Waals surface area contributed by atoms with Gasteiger partial charge in [0.25, 0.3) is 5.92 Å². The van der Waals surface area contributed by atoms with Gasteiger partial charge >= 0.3 is 5.97 Å². The number of aromatic amines is 1. The van der Waals surface area contributed by atoms with E-state index in [0.29, 0.717) is 6.42 Å². The Morgan fingerprint density at radius 2 is 1.57 bits per heavy atom. The molecule has 0 bridgehead atoms. The van der Waals surface area contributed by atoms with E-state index >= 15 is 0 Å². The van der Waals surface area contributed by atoms with Gasteiger partial charge < -0.3 is 14.5 Å². The highest BCUT2D eigenvalue weighted by Crippen LogP contribution is 2.26. The van der Waals surface area contributed by atoms with Crippen molar-refractivity contribution in [1.29, 1.82) is 0 Å². The Kier molecular flexibility index (Phi) is 11.8. The van der Waals surface area contributed by atoms with Crippen LogP contribution in [0.3, 0.4) is 0 Å². The number of carbonyl (C=O) groups is 1. The Hall–Kier alpha value is -1.66. The maximum Gasteiger partial charge on any atom is 0.357 e. The van der Waals surface area contributed by atoms with Crippen LogP contribution in [0.5, 0.6) is 5.75 Å². The van der Waals surface area contributed by atoms with Crippen LogP contribution >= 0.6 is 0 Å². The van der Waals surface area contributed by atoms with Crippen LogP contribution < -0.4 is 4.74 Å². The average Bonchev–Trinajstić information content (AvgIpc) is 3.02. The lowest BCUT2D eigenvalue weighted by atomic mass is 10.0. The monoisotopic (exact) mass is 405 g/mol. The number of hydrogen-bond acceptors (Lipinski definition) is 3. The summed E-state index contributed by atoms with van der Waals surface area (Å²) in [4.78, 5) is 13.9. The highest BCUT2D eigenvalue weighted by atomic mass is 19.3. The second-order valence-electron chi connectivity index (χ2n) is 7.14. The minimum Gasteiger partial charge on any atom is -0.483 e. The Labute approximate surface area is 166 Å². The number of aromatic nitrogens is 1. The molecule has 0 saturated carbocycles. The summed E-state index contributed by atoms with van der Waals surface area (Å²) in [5, 5.41) is 0. The van der Waals surface area contributed by atoms with Crippen molar-refractivity contribution < 1.29 is 27.4 Å². The first-order valence-corrected chi connectivity index (χ1v) is 10.5. The molecule has 1 N–H and O–H groups in total. The molecule has 0 radical (unpaired) electrons. The Morgan fingerprint density at radius 3 is 2.14 bits per heavy atom. The van der Waals surface area contributed by atoms with Crippen LogP contribution in [-0.4, -0.2) is 30.1 Å². The van der Waals surface area contributed by atoms with Gasteiger partial charge in [-0.1, -0.05) is 64.7 Å². The van der Waals surface area contributed by atoms with Crippen molar-refractivity contribution in [2.24, 2.45) is 0 Å². The van der Waals surface area contributed by atoms with Gasteiger partial charge in [-0.15, -0.1) is 0 Å². The van der Waals surface area contributed by atoms with Crippen LogP contribution in [0.1, 0.15) is 95.0 Å². The molecule has 1 aromatic rings. The summed E-state index contributed by atoms with van der Waals surface area (Å²) < 4.78 is 51.4. The molecule has 1 rings (SSSR count). The van der Waals surface area contributed by atoms with Gasteiger partial charge in [0.05, 0.1) is 6.61 Å². The summed E-state index contributed by atoms with van der Waals surface area (Å²) in [6.07, 6.45) is 11.4. The third-order valence-corrected chi connectivity index (χ3v) is 4.60. The fourth-order valence-electron chi connectivity index (χ4n) is 2.97. The summed E-state index contributed by atoms with van der Waals surface area (Å²) >= 11 is 0. The number of esters is 1.